The summed E-state index contributed by atoms with van der Waals surface area (Å²) in [6.45, 7) is 13.4. The van der Waals surface area contributed by atoms with Crippen LogP contribution in [0.5, 0.6) is 0 Å². The molecule has 122 valence electrons. The van der Waals surface area contributed by atoms with Gasteiger partial charge >= 0.3 is 5.97 Å². The monoisotopic (exact) mass is 298 g/mol. The minimum atomic E-state index is -0.955. The molecule has 0 rings (SSSR count). The SMILES string of the molecule is C=CC[C@H](C)[C@H](C)[C@@H](C)C(=O)C(C)(C)[C@H](CC(=O)O)OC. The minimum absolute atomic E-state index is 0.0546. The largest absolute Gasteiger partial charge is 0.481 e. The second-order valence-electron chi connectivity index (χ2n) is 6.56. The first kappa shape index (κ1) is 19.8. The van der Waals surface area contributed by atoms with E-state index in [1.807, 2.05) is 13.0 Å². The molecule has 0 saturated heterocycles. The normalized spacial score (nSPS) is 17.6. The highest BCUT2D eigenvalue weighted by atomic mass is 16.5. The Morgan fingerprint density at radius 3 is 2.19 bits per heavy atom. The summed E-state index contributed by atoms with van der Waals surface area (Å²) >= 11 is 0. The average Bonchev–Trinajstić information content (AvgIpc) is 2.41. The maximum absolute atomic E-state index is 12.8. The fourth-order valence-corrected chi connectivity index (χ4v) is 2.75. The van der Waals surface area contributed by atoms with E-state index in [0.717, 1.165) is 6.42 Å². The van der Waals surface area contributed by atoms with Crippen LogP contribution in [0.2, 0.25) is 0 Å². The summed E-state index contributed by atoms with van der Waals surface area (Å²) < 4.78 is 5.27. The highest BCUT2D eigenvalue weighted by molar-refractivity contribution is 5.87. The van der Waals surface area contributed by atoms with Crippen LogP contribution in [0.4, 0.5) is 0 Å². The van der Waals surface area contributed by atoms with Crippen molar-refractivity contribution in [2.45, 2.75) is 53.6 Å². The molecule has 0 aromatic heterocycles. The number of allylic oxidation sites excluding steroid dienone is 1. The predicted octanol–water partition coefficient (Wildman–Crippen LogP) is 3.56. The van der Waals surface area contributed by atoms with E-state index in [2.05, 4.69) is 20.4 Å². The van der Waals surface area contributed by atoms with Gasteiger partial charge in [-0.2, -0.15) is 0 Å². The Kier molecular flexibility index (Phi) is 7.86. The smallest absolute Gasteiger partial charge is 0.306 e. The van der Waals surface area contributed by atoms with E-state index in [1.165, 1.54) is 7.11 Å². The van der Waals surface area contributed by atoms with E-state index in [-0.39, 0.29) is 24.0 Å². The molecule has 0 spiro atoms. The van der Waals surface area contributed by atoms with Crippen LogP contribution in [-0.2, 0) is 14.3 Å². The van der Waals surface area contributed by atoms with Crippen molar-refractivity contribution in [1.29, 1.82) is 0 Å². The Labute approximate surface area is 128 Å². The third kappa shape index (κ3) is 5.27. The van der Waals surface area contributed by atoms with Gasteiger partial charge in [0.2, 0.25) is 0 Å². The lowest BCUT2D eigenvalue weighted by atomic mass is 9.70. The van der Waals surface area contributed by atoms with Crippen LogP contribution in [0.15, 0.2) is 12.7 Å². The summed E-state index contributed by atoms with van der Waals surface area (Å²) in [6, 6.07) is 0. The zero-order chi connectivity index (χ0) is 16.8. The van der Waals surface area contributed by atoms with Gasteiger partial charge in [0, 0.05) is 13.0 Å². The average molecular weight is 298 g/mol. The summed E-state index contributed by atoms with van der Waals surface area (Å²) in [6.07, 6.45) is 1.94. The number of aliphatic carboxylic acids is 1. The molecule has 0 aromatic rings. The maximum atomic E-state index is 12.8. The highest BCUT2D eigenvalue weighted by Crippen LogP contribution is 2.34. The number of carbonyl (C=O) groups is 2. The molecule has 0 aliphatic rings. The molecular formula is C17H30O4. The molecule has 1 N–H and O–H groups in total. The third-order valence-electron chi connectivity index (χ3n) is 4.72. The molecule has 0 radical (unpaired) electrons. The number of ether oxygens (including phenoxy) is 1. The lowest BCUT2D eigenvalue weighted by molar-refractivity contribution is -0.148. The van der Waals surface area contributed by atoms with Gasteiger partial charge in [0.15, 0.2) is 0 Å². The summed E-state index contributed by atoms with van der Waals surface area (Å²) in [5.74, 6) is -0.487. The van der Waals surface area contributed by atoms with Crippen LogP contribution >= 0.6 is 0 Å². The number of carbonyl (C=O) groups excluding carboxylic acids is 1. The minimum Gasteiger partial charge on any atom is -0.481 e. The van der Waals surface area contributed by atoms with Crippen molar-refractivity contribution in [3.63, 3.8) is 0 Å². The van der Waals surface area contributed by atoms with Crippen molar-refractivity contribution in [3.05, 3.63) is 12.7 Å². The van der Waals surface area contributed by atoms with Crippen molar-refractivity contribution in [1.82, 2.24) is 0 Å². The first-order valence-electron chi connectivity index (χ1n) is 7.49. The van der Waals surface area contributed by atoms with E-state index in [9.17, 15) is 9.59 Å². The van der Waals surface area contributed by atoms with Gasteiger partial charge in [-0.1, -0.05) is 40.7 Å². The van der Waals surface area contributed by atoms with Crippen molar-refractivity contribution < 1.29 is 19.4 Å². The van der Waals surface area contributed by atoms with E-state index >= 15 is 0 Å². The fourth-order valence-electron chi connectivity index (χ4n) is 2.75. The third-order valence-corrected chi connectivity index (χ3v) is 4.72. The summed E-state index contributed by atoms with van der Waals surface area (Å²) in [5.41, 5.74) is -0.825. The molecule has 4 nitrogen and oxygen atoms in total. The Morgan fingerprint density at radius 1 is 1.29 bits per heavy atom. The van der Waals surface area contributed by atoms with Gasteiger partial charge in [0.05, 0.1) is 17.9 Å². The summed E-state index contributed by atoms with van der Waals surface area (Å²) in [7, 11) is 1.46. The molecule has 0 amide bonds. The molecule has 0 saturated carbocycles. The van der Waals surface area contributed by atoms with Gasteiger partial charge in [-0.05, 0) is 18.3 Å². The number of Topliss-reactive ketones (excluding diaryl/α,β-unsaturated/α-hetero) is 1. The van der Waals surface area contributed by atoms with Crippen LogP contribution < -0.4 is 0 Å². The van der Waals surface area contributed by atoms with E-state index in [0.29, 0.717) is 5.92 Å². The second-order valence-corrected chi connectivity index (χ2v) is 6.56. The molecule has 0 aliphatic carbocycles. The molecule has 4 atom stereocenters. The lowest BCUT2D eigenvalue weighted by Crippen LogP contribution is -2.44. The molecule has 0 heterocycles. The molecule has 0 fully saturated rings. The highest BCUT2D eigenvalue weighted by Gasteiger charge is 2.42. The standard InChI is InChI=1S/C17H30O4/c1-8-9-11(2)12(3)13(4)16(20)17(5,6)14(21-7)10-15(18)19/h8,11-14H,1,9-10H2,2-7H3,(H,18,19)/t11-,12-,13+,14-/m0/s1. The topological polar surface area (TPSA) is 63.6 Å². The van der Waals surface area contributed by atoms with Crippen molar-refractivity contribution >= 4 is 11.8 Å². The Bertz CT molecular complexity index is 373. The van der Waals surface area contributed by atoms with Gasteiger partial charge in [-0.15, -0.1) is 6.58 Å². The van der Waals surface area contributed by atoms with Gasteiger partial charge in [-0.3, -0.25) is 9.59 Å². The van der Waals surface area contributed by atoms with Crippen LogP contribution in [0.1, 0.15) is 47.5 Å². The summed E-state index contributed by atoms with van der Waals surface area (Å²) in [4.78, 5) is 23.7. The molecule has 21 heavy (non-hydrogen) atoms. The number of hydrogen-bond acceptors (Lipinski definition) is 3. The predicted molar refractivity (Wildman–Crippen MR) is 84.1 cm³/mol. The van der Waals surface area contributed by atoms with E-state index < -0.39 is 17.5 Å². The first-order valence-corrected chi connectivity index (χ1v) is 7.49. The van der Waals surface area contributed by atoms with E-state index in [1.54, 1.807) is 13.8 Å². The maximum Gasteiger partial charge on any atom is 0.306 e. The molecular weight excluding hydrogens is 268 g/mol. The van der Waals surface area contributed by atoms with Crippen LogP contribution in [-0.4, -0.2) is 30.1 Å². The van der Waals surface area contributed by atoms with Gasteiger partial charge in [0.25, 0.3) is 0 Å². The molecule has 0 aliphatic heterocycles. The number of ketones is 1. The number of rotatable bonds is 10. The van der Waals surface area contributed by atoms with Gasteiger partial charge in [0.1, 0.15) is 5.78 Å². The zero-order valence-electron chi connectivity index (χ0n) is 14.2. The molecule has 0 unspecified atom stereocenters. The van der Waals surface area contributed by atoms with Crippen molar-refractivity contribution in [2.24, 2.45) is 23.2 Å². The van der Waals surface area contributed by atoms with Crippen LogP contribution in [0, 0.1) is 23.2 Å². The van der Waals surface area contributed by atoms with Gasteiger partial charge < -0.3 is 9.84 Å². The first-order chi connectivity index (χ1) is 9.59. The van der Waals surface area contributed by atoms with Crippen molar-refractivity contribution in [2.75, 3.05) is 7.11 Å². The zero-order valence-corrected chi connectivity index (χ0v) is 14.2. The lowest BCUT2D eigenvalue weighted by Gasteiger charge is -2.36. The second kappa shape index (κ2) is 8.32. The quantitative estimate of drug-likeness (QED) is 0.626. The molecule has 0 aromatic carbocycles. The summed E-state index contributed by atoms with van der Waals surface area (Å²) in [5, 5.41) is 8.96. The van der Waals surface area contributed by atoms with Crippen LogP contribution in [0.25, 0.3) is 0 Å². The fraction of sp³-hybridized carbons (Fsp3) is 0.765. The Balaban J connectivity index is 5.09. The van der Waals surface area contributed by atoms with Crippen LogP contribution in [0.3, 0.4) is 0 Å². The molecule has 4 heteroatoms. The number of methoxy groups -OCH3 is 1. The van der Waals surface area contributed by atoms with Crippen molar-refractivity contribution in [3.8, 4) is 0 Å². The Hall–Kier alpha value is -1.16. The molecule has 0 bridgehead atoms. The number of carboxylic acid groups (broad SMARTS) is 1. The Morgan fingerprint density at radius 2 is 1.81 bits per heavy atom. The number of hydrogen-bond donors (Lipinski definition) is 1. The van der Waals surface area contributed by atoms with Gasteiger partial charge in [-0.25, -0.2) is 0 Å². The number of carboxylic acids is 1. The van der Waals surface area contributed by atoms with E-state index in [4.69, 9.17) is 9.84 Å².